The van der Waals surface area contributed by atoms with E-state index in [2.05, 4.69) is 29.1 Å². The van der Waals surface area contributed by atoms with Crippen LogP contribution in [0.25, 0.3) is 22.5 Å². The van der Waals surface area contributed by atoms with Crippen molar-refractivity contribution in [1.29, 1.82) is 0 Å². The average molecular weight is 372 g/mol. The molecule has 3 rings (SSSR count). The summed E-state index contributed by atoms with van der Waals surface area (Å²) in [7, 11) is 0. The van der Waals surface area contributed by atoms with Gasteiger partial charge in [0.15, 0.2) is 0 Å². The Morgan fingerprint density at radius 2 is 2.12 bits per heavy atom. The number of rotatable bonds is 7. The number of hydrogen-bond acceptors (Lipinski definition) is 5. The topological polar surface area (TPSA) is 75.9 Å². The van der Waals surface area contributed by atoms with Crippen LogP contribution in [-0.2, 0) is 6.54 Å². The third-order valence-electron chi connectivity index (χ3n) is 3.89. The monoisotopic (exact) mass is 371 g/mol. The van der Waals surface area contributed by atoms with Crippen LogP contribution in [0, 0.1) is 0 Å². The van der Waals surface area contributed by atoms with E-state index in [0.29, 0.717) is 11.1 Å². The Labute approximate surface area is 157 Å². The van der Waals surface area contributed by atoms with E-state index in [1.807, 2.05) is 16.9 Å². The van der Waals surface area contributed by atoms with E-state index < -0.39 is 0 Å². The zero-order chi connectivity index (χ0) is 18.5. The lowest BCUT2D eigenvalue weighted by molar-refractivity contribution is 0.475. The van der Waals surface area contributed by atoms with Crippen molar-refractivity contribution in [1.82, 2.24) is 25.1 Å². The SMILES string of the molecule is CC(C)NCCCn1cc(-c2ccncn2)c(-c2cc(O)cc(Cl)c2)n1. The minimum absolute atomic E-state index is 0.108. The maximum atomic E-state index is 9.90. The van der Waals surface area contributed by atoms with Gasteiger partial charge in [-0.2, -0.15) is 5.10 Å². The van der Waals surface area contributed by atoms with Crippen LogP contribution in [0.4, 0.5) is 0 Å². The van der Waals surface area contributed by atoms with Gasteiger partial charge in [0.25, 0.3) is 0 Å². The molecule has 0 amide bonds. The molecule has 1 aromatic carbocycles. The summed E-state index contributed by atoms with van der Waals surface area (Å²) in [6, 6.07) is 7.26. The van der Waals surface area contributed by atoms with E-state index in [4.69, 9.17) is 16.7 Å². The third-order valence-corrected chi connectivity index (χ3v) is 4.11. The molecule has 0 saturated heterocycles. The molecule has 0 saturated carbocycles. The molecule has 0 unspecified atom stereocenters. The van der Waals surface area contributed by atoms with Gasteiger partial charge in [0.05, 0.1) is 5.69 Å². The molecule has 3 aromatic rings. The van der Waals surface area contributed by atoms with E-state index in [-0.39, 0.29) is 5.75 Å². The lowest BCUT2D eigenvalue weighted by Crippen LogP contribution is -2.24. The molecule has 2 N–H and O–H groups in total. The second-order valence-corrected chi connectivity index (χ2v) is 6.85. The Hall–Kier alpha value is -2.44. The summed E-state index contributed by atoms with van der Waals surface area (Å²) in [5.41, 5.74) is 3.15. The van der Waals surface area contributed by atoms with Crippen molar-refractivity contribution in [2.75, 3.05) is 6.54 Å². The molecule has 0 aliphatic heterocycles. The van der Waals surface area contributed by atoms with Crippen LogP contribution in [0.15, 0.2) is 43.0 Å². The van der Waals surface area contributed by atoms with Gasteiger partial charge in [0, 0.05) is 41.1 Å². The summed E-state index contributed by atoms with van der Waals surface area (Å²) in [6.45, 7) is 5.97. The molecular weight excluding hydrogens is 350 g/mol. The van der Waals surface area contributed by atoms with Gasteiger partial charge in [-0.15, -0.1) is 0 Å². The van der Waals surface area contributed by atoms with Gasteiger partial charge in [-0.3, -0.25) is 4.68 Å². The Bertz CT molecular complexity index is 843. The maximum absolute atomic E-state index is 9.90. The zero-order valence-corrected chi connectivity index (χ0v) is 15.6. The standard InChI is InChI=1S/C19H22ClN5O/c1-13(2)22-5-3-7-25-11-17(18-4-6-21-12-23-18)19(24-25)14-8-15(20)10-16(26)9-14/h4,6,8-13,22,26H,3,5,7H2,1-2H3. The molecule has 2 aromatic heterocycles. The normalized spacial score (nSPS) is 11.2. The minimum atomic E-state index is 0.108. The van der Waals surface area contributed by atoms with Crippen molar-refractivity contribution in [3.63, 3.8) is 0 Å². The highest BCUT2D eigenvalue weighted by Gasteiger charge is 2.15. The number of aromatic nitrogens is 4. The van der Waals surface area contributed by atoms with Gasteiger partial charge in [-0.25, -0.2) is 9.97 Å². The molecule has 26 heavy (non-hydrogen) atoms. The number of nitrogens with zero attached hydrogens (tertiary/aromatic N) is 4. The third kappa shape index (κ3) is 4.59. The molecule has 0 bridgehead atoms. The number of benzene rings is 1. The van der Waals surface area contributed by atoms with Crippen LogP contribution in [0.5, 0.6) is 5.75 Å². The Balaban J connectivity index is 1.93. The minimum Gasteiger partial charge on any atom is -0.508 e. The van der Waals surface area contributed by atoms with E-state index >= 15 is 0 Å². The van der Waals surface area contributed by atoms with Crippen molar-refractivity contribution in [3.05, 3.63) is 48.0 Å². The lowest BCUT2D eigenvalue weighted by Gasteiger charge is -2.07. The fourth-order valence-corrected chi connectivity index (χ4v) is 2.96. The van der Waals surface area contributed by atoms with Gasteiger partial charge in [-0.1, -0.05) is 25.4 Å². The van der Waals surface area contributed by atoms with Crippen LogP contribution < -0.4 is 5.32 Å². The van der Waals surface area contributed by atoms with Crippen molar-refractivity contribution < 1.29 is 5.11 Å². The van der Waals surface area contributed by atoms with Crippen molar-refractivity contribution in [2.45, 2.75) is 32.9 Å². The van der Waals surface area contributed by atoms with Gasteiger partial charge in [-0.05, 0) is 37.2 Å². The molecule has 0 atom stereocenters. The second-order valence-electron chi connectivity index (χ2n) is 6.41. The first-order valence-corrected chi connectivity index (χ1v) is 8.98. The molecule has 6 nitrogen and oxygen atoms in total. The van der Waals surface area contributed by atoms with Crippen LogP contribution >= 0.6 is 11.6 Å². The highest BCUT2D eigenvalue weighted by molar-refractivity contribution is 6.31. The first kappa shape index (κ1) is 18.4. The van der Waals surface area contributed by atoms with E-state index in [9.17, 15) is 5.11 Å². The van der Waals surface area contributed by atoms with Crippen molar-refractivity contribution in [3.8, 4) is 28.3 Å². The lowest BCUT2D eigenvalue weighted by atomic mass is 10.1. The number of nitrogens with one attached hydrogen (secondary N) is 1. The molecule has 136 valence electrons. The smallest absolute Gasteiger partial charge is 0.117 e. The first-order valence-electron chi connectivity index (χ1n) is 8.60. The highest BCUT2D eigenvalue weighted by atomic mass is 35.5. The molecule has 0 radical (unpaired) electrons. The van der Waals surface area contributed by atoms with Gasteiger partial charge < -0.3 is 10.4 Å². The number of phenols is 1. The molecule has 0 aliphatic rings. The summed E-state index contributed by atoms with van der Waals surface area (Å²) in [5, 5.41) is 18.5. The fraction of sp³-hybridized carbons (Fsp3) is 0.316. The quantitative estimate of drug-likeness (QED) is 0.618. The molecule has 0 spiro atoms. The second kappa shape index (κ2) is 8.29. The molecule has 2 heterocycles. The molecular formula is C19H22ClN5O. The summed E-state index contributed by atoms with van der Waals surface area (Å²) in [5.74, 6) is 0.108. The largest absolute Gasteiger partial charge is 0.508 e. The summed E-state index contributed by atoms with van der Waals surface area (Å²) in [4.78, 5) is 8.32. The predicted octanol–water partition coefficient (Wildman–Crippen LogP) is 3.75. The van der Waals surface area contributed by atoms with Gasteiger partial charge in [0.1, 0.15) is 17.8 Å². The summed E-state index contributed by atoms with van der Waals surface area (Å²) >= 11 is 6.11. The van der Waals surface area contributed by atoms with Crippen molar-refractivity contribution >= 4 is 11.6 Å². The molecule has 0 aliphatic carbocycles. The van der Waals surface area contributed by atoms with Crippen LogP contribution in [0.2, 0.25) is 5.02 Å². The number of aromatic hydroxyl groups is 1. The van der Waals surface area contributed by atoms with Crippen molar-refractivity contribution in [2.24, 2.45) is 0 Å². The van der Waals surface area contributed by atoms with E-state index in [1.165, 1.54) is 12.4 Å². The van der Waals surface area contributed by atoms with E-state index in [1.54, 1.807) is 18.3 Å². The Morgan fingerprint density at radius 3 is 2.81 bits per heavy atom. The zero-order valence-electron chi connectivity index (χ0n) is 14.9. The average Bonchev–Trinajstić information content (AvgIpc) is 3.03. The molecule has 0 fully saturated rings. The summed E-state index contributed by atoms with van der Waals surface area (Å²) < 4.78 is 1.91. The first-order chi connectivity index (χ1) is 12.5. The predicted molar refractivity (Wildman–Crippen MR) is 103 cm³/mol. The number of phenolic OH excluding ortho intramolecular Hbond substituents is 1. The highest BCUT2D eigenvalue weighted by Crippen LogP contribution is 2.33. The van der Waals surface area contributed by atoms with E-state index in [0.717, 1.165) is 42.0 Å². The maximum Gasteiger partial charge on any atom is 0.117 e. The van der Waals surface area contributed by atoms with Crippen LogP contribution in [0.3, 0.4) is 0 Å². The Kier molecular flexibility index (Phi) is 5.85. The van der Waals surface area contributed by atoms with Gasteiger partial charge >= 0.3 is 0 Å². The Morgan fingerprint density at radius 1 is 1.27 bits per heavy atom. The number of aryl methyl sites for hydroxylation is 1. The van der Waals surface area contributed by atoms with Gasteiger partial charge in [0.2, 0.25) is 0 Å². The van der Waals surface area contributed by atoms with Crippen LogP contribution in [0.1, 0.15) is 20.3 Å². The number of halogens is 1. The summed E-state index contributed by atoms with van der Waals surface area (Å²) in [6.07, 6.45) is 6.15. The fourth-order valence-electron chi connectivity index (χ4n) is 2.73. The van der Waals surface area contributed by atoms with Crippen LogP contribution in [-0.4, -0.2) is 37.4 Å². The number of hydrogen-bond donors (Lipinski definition) is 2. The molecule has 7 heteroatoms.